The number of nitro groups is 3. The van der Waals surface area contributed by atoms with Crippen LogP contribution < -0.4 is 5.43 Å². The molecule has 1 aromatic heterocycles. The van der Waals surface area contributed by atoms with Crippen molar-refractivity contribution >= 4 is 29.0 Å². The molecule has 2 rings (SSSR count). The van der Waals surface area contributed by atoms with Gasteiger partial charge >= 0.3 is 11.4 Å². The van der Waals surface area contributed by atoms with Crippen molar-refractivity contribution in [1.29, 1.82) is 0 Å². The second kappa shape index (κ2) is 6.47. The van der Waals surface area contributed by atoms with Gasteiger partial charge in [0.15, 0.2) is 5.69 Å². The van der Waals surface area contributed by atoms with Crippen LogP contribution >= 0.6 is 0 Å². The molecule has 0 fully saturated rings. The summed E-state index contributed by atoms with van der Waals surface area (Å²) in [7, 11) is 1.46. The first-order chi connectivity index (χ1) is 11.3. The van der Waals surface area contributed by atoms with E-state index in [0.717, 1.165) is 30.6 Å². The SMILES string of the molecule is Cn1ncc([N+](=O)[O-])c1C=NNc1ccc([N+](=O)[O-])cc1[N+](=O)[O-]. The highest BCUT2D eigenvalue weighted by molar-refractivity contribution is 5.83. The average Bonchev–Trinajstić information content (AvgIpc) is 2.88. The second-order valence-electron chi connectivity index (χ2n) is 4.38. The highest BCUT2D eigenvalue weighted by Gasteiger charge is 2.20. The van der Waals surface area contributed by atoms with Gasteiger partial charge in [0.25, 0.3) is 5.69 Å². The smallest absolute Gasteiger partial charge is 0.272 e. The molecular formula is C11H9N7O6. The molecule has 0 amide bonds. The maximum atomic E-state index is 11.0. The van der Waals surface area contributed by atoms with Gasteiger partial charge < -0.3 is 0 Å². The third-order valence-corrected chi connectivity index (χ3v) is 2.92. The van der Waals surface area contributed by atoms with E-state index in [9.17, 15) is 30.3 Å². The van der Waals surface area contributed by atoms with E-state index in [1.165, 1.54) is 11.7 Å². The van der Waals surface area contributed by atoms with Crippen molar-refractivity contribution < 1.29 is 14.8 Å². The number of aryl methyl sites for hydroxylation is 1. The van der Waals surface area contributed by atoms with Crippen LogP contribution in [0.15, 0.2) is 29.5 Å². The molecule has 13 nitrogen and oxygen atoms in total. The van der Waals surface area contributed by atoms with E-state index >= 15 is 0 Å². The van der Waals surface area contributed by atoms with Crippen LogP contribution in [-0.4, -0.2) is 30.8 Å². The Morgan fingerprint density at radius 1 is 1.12 bits per heavy atom. The fraction of sp³-hybridized carbons (Fsp3) is 0.0909. The molecule has 1 N–H and O–H groups in total. The quantitative estimate of drug-likeness (QED) is 0.470. The summed E-state index contributed by atoms with van der Waals surface area (Å²) in [6.07, 6.45) is 2.10. The minimum atomic E-state index is -0.808. The summed E-state index contributed by atoms with van der Waals surface area (Å²) in [6, 6.07) is 2.97. The highest BCUT2D eigenvalue weighted by Crippen LogP contribution is 2.28. The number of aromatic nitrogens is 2. The summed E-state index contributed by atoms with van der Waals surface area (Å²) >= 11 is 0. The predicted octanol–water partition coefficient (Wildman–Crippen LogP) is 1.59. The monoisotopic (exact) mass is 335 g/mol. The molecule has 24 heavy (non-hydrogen) atoms. The van der Waals surface area contributed by atoms with Crippen LogP contribution in [0.4, 0.5) is 22.7 Å². The fourth-order valence-electron chi connectivity index (χ4n) is 1.77. The first kappa shape index (κ1) is 16.5. The molecule has 0 aliphatic carbocycles. The van der Waals surface area contributed by atoms with Gasteiger partial charge in [-0.15, -0.1) is 0 Å². The summed E-state index contributed by atoms with van der Waals surface area (Å²) in [4.78, 5) is 30.2. The van der Waals surface area contributed by atoms with Crippen LogP contribution in [0.3, 0.4) is 0 Å². The Kier molecular flexibility index (Phi) is 4.44. The number of anilines is 1. The van der Waals surface area contributed by atoms with Crippen molar-refractivity contribution in [2.24, 2.45) is 12.1 Å². The van der Waals surface area contributed by atoms with Crippen molar-refractivity contribution in [1.82, 2.24) is 9.78 Å². The lowest BCUT2D eigenvalue weighted by atomic mass is 10.2. The number of benzene rings is 1. The first-order valence-electron chi connectivity index (χ1n) is 6.19. The lowest BCUT2D eigenvalue weighted by molar-refractivity contribution is -0.393. The van der Waals surface area contributed by atoms with E-state index in [4.69, 9.17) is 0 Å². The van der Waals surface area contributed by atoms with E-state index in [1.54, 1.807) is 0 Å². The van der Waals surface area contributed by atoms with Crippen molar-refractivity contribution in [3.05, 3.63) is 60.4 Å². The molecule has 0 saturated heterocycles. The zero-order valence-electron chi connectivity index (χ0n) is 12.0. The van der Waals surface area contributed by atoms with E-state index in [0.29, 0.717) is 0 Å². The van der Waals surface area contributed by atoms with E-state index in [2.05, 4.69) is 15.6 Å². The molecule has 0 atom stereocenters. The van der Waals surface area contributed by atoms with Gasteiger partial charge in [0.05, 0.1) is 27.1 Å². The number of non-ortho nitro benzene ring substituents is 1. The van der Waals surface area contributed by atoms with Crippen LogP contribution in [-0.2, 0) is 7.05 Å². The topological polar surface area (TPSA) is 172 Å². The Hall–Kier alpha value is -3.90. The predicted molar refractivity (Wildman–Crippen MR) is 80.8 cm³/mol. The van der Waals surface area contributed by atoms with E-state index < -0.39 is 26.1 Å². The van der Waals surface area contributed by atoms with Crippen LogP contribution in [0.25, 0.3) is 0 Å². The minimum absolute atomic E-state index is 0.0667. The van der Waals surface area contributed by atoms with Crippen molar-refractivity contribution in [2.75, 3.05) is 5.43 Å². The Labute approximate surface area is 132 Å². The number of hydrogen-bond donors (Lipinski definition) is 1. The van der Waals surface area contributed by atoms with Gasteiger partial charge in [-0.05, 0) is 6.07 Å². The zero-order chi connectivity index (χ0) is 17.9. The molecule has 0 spiro atoms. The molecule has 0 radical (unpaired) electrons. The number of nitrogens with one attached hydrogen (secondary N) is 1. The molecule has 1 aromatic carbocycles. The molecule has 1 heterocycles. The Balaban J connectivity index is 2.29. The molecule has 2 aromatic rings. The largest absolute Gasteiger partial charge is 0.315 e. The van der Waals surface area contributed by atoms with Crippen LogP contribution in [0, 0.1) is 30.3 Å². The normalized spacial score (nSPS) is 10.7. The maximum Gasteiger partial charge on any atom is 0.315 e. The number of hydrazone groups is 1. The van der Waals surface area contributed by atoms with Crippen LogP contribution in [0.5, 0.6) is 0 Å². The molecule has 0 aliphatic heterocycles. The van der Waals surface area contributed by atoms with Gasteiger partial charge in [0.1, 0.15) is 11.9 Å². The highest BCUT2D eigenvalue weighted by atomic mass is 16.6. The molecule has 0 unspecified atom stereocenters. The number of nitrogens with zero attached hydrogens (tertiary/aromatic N) is 6. The second-order valence-corrected chi connectivity index (χ2v) is 4.38. The van der Waals surface area contributed by atoms with Crippen molar-refractivity contribution in [2.45, 2.75) is 0 Å². The Bertz CT molecular complexity index is 859. The molecule has 0 aliphatic rings. The summed E-state index contributed by atoms with van der Waals surface area (Å²) in [5.41, 5.74) is 1.00. The maximum absolute atomic E-state index is 11.0. The van der Waals surface area contributed by atoms with Gasteiger partial charge in [-0.1, -0.05) is 0 Å². The molecule has 0 bridgehead atoms. The van der Waals surface area contributed by atoms with Crippen LogP contribution in [0.2, 0.25) is 0 Å². The summed E-state index contributed by atoms with van der Waals surface area (Å²) < 4.78 is 1.20. The van der Waals surface area contributed by atoms with Gasteiger partial charge in [0.2, 0.25) is 0 Å². The number of hydrogen-bond acceptors (Lipinski definition) is 9. The van der Waals surface area contributed by atoms with Gasteiger partial charge in [0, 0.05) is 13.1 Å². The zero-order valence-corrected chi connectivity index (χ0v) is 12.0. The van der Waals surface area contributed by atoms with E-state index in [-0.39, 0.29) is 17.1 Å². The first-order valence-corrected chi connectivity index (χ1v) is 6.19. The van der Waals surface area contributed by atoms with Crippen molar-refractivity contribution in [3.63, 3.8) is 0 Å². The molecule has 124 valence electrons. The summed E-state index contributed by atoms with van der Waals surface area (Å²) in [5.74, 6) is 0. The lowest BCUT2D eigenvalue weighted by Gasteiger charge is -2.02. The van der Waals surface area contributed by atoms with Crippen molar-refractivity contribution in [3.8, 4) is 0 Å². The Morgan fingerprint density at radius 3 is 2.38 bits per heavy atom. The van der Waals surface area contributed by atoms with Gasteiger partial charge in [-0.2, -0.15) is 10.2 Å². The van der Waals surface area contributed by atoms with E-state index in [1.807, 2.05) is 0 Å². The Morgan fingerprint density at radius 2 is 1.79 bits per heavy atom. The molecule has 13 heteroatoms. The fourth-order valence-corrected chi connectivity index (χ4v) is 1.77. The number of nitro benzene ring substituents is 2. The summed E-state index contributed by atoms with van der Waals surface area (Å²) in [6.45, 7) is 0. The molecular weight excluding hydrogens is 326 g/mol. The standard InChI is InChI=1S/C11H9N7O6/c1-15-10(11(6-13-15)18(23)24)5-12-14-8-3-2-7(16(19)20)4-9(8)17(21)22/h2-6,14H,1H3. The lowest BCUT2D eigenvalue weighted by Crippen LogP contribution is -2.02. The number of rotatable bonds is 6. The molecule has 0 saturated carbocycles. The van der Waals surface area contributed by atoms with Gasteiger partial charge in [-0.25, -0.2) is 0 Å². The minimum Gasteiger partial charge on any atom is -0.272 e. The third kappa shape index (κ3) is 3.29. The summed E-state index contributed by atoms with van der Waals surface area (Å²) in [5, 5.41) is 39.9. The third-order valence-electron chi connectivity index (χ3n) is 2.92. The average molecular weight is 335 g/mol. The van der Waals surface area contributed by atoms with Gasteiger partial charge in [-0.3, -0.25) is 40.5 Å². The van der Waals surface area contributed by atoms with Crippen LogP contribution in [0.1, 0.15) is 5.69 Å².